The van der Waals surface area contributed by atoms with E-state index in [0.717, 1.165) is 0 Å². The number of rotatable bonds is 5. The van der Waals surface area contributed by atoms with Gasteiger partial charge in [0.1, 0.15) is 17.9 Å². The Morgan fingerprint density at radius 1 is 1.07 bits per heavy atom. The lowest BCUT2D eigenvalue weighted by Crippen LogP contribution is -2.41. The molecular weight excluding hydrogens is 358 g/mol. The fourth-order valence-corrected chi connectivity index (χ4v) is 3.38. The van der Waals surface area contributed by atoms with E-state index < -0.39 is 23.9 Å². The van der Waals surface area contributed by atoms with Gasteiger partial charge in [-0.2, -0.15) is 0 Å². The smallest absolute Gasteiger partial charge is 0.328 e. The first kappa shape index (κ1) is 19.6. The lowest BCUT2D eigenvalue weighted by Gasteiger charge is -2.20. The van der Waals surface area contributed by atoms with Crippen LogP contribution in [-0.4, -0.2) is 30.0 Å². The summed E-state index contributed by atoms with van der Waals surface area (Å²) < 4.78 is 10.7. The molecule has 146 valence electrons. The first-order valence-electron chi connectivity index (χ1n) is 9.23. The molecule has 2 aromatic rings. The van der Waals surface area contributed by atoms with Gasteiger partial charge in [0.15, 0.2) is 0 Å². The SMILES string of the molecule is CC(=O)Oc1ccccc1C(=O)N[C@@H](C)C(=O)OC1Cc2ccccc2C1C. The summed E-state index contributed by atoms with van der Waals surface area (Å²) in [6.07, 6.45) is 0.413. The Bertz CT molecular complexity index is 907. The first-order chi connectivity index (χ1) is 13.4. The summed E-state index contributed by atoms with van der Waals surface area (Å²) in [7, 11) is 0. The van der Waals surface area contributed by atoms with E-state index in [-0.39, 0.29) is 23.3 Å². The number of fused-ring (bicyclic) bond motifs is 1. The van der Waals surface area contributed by atoms with Gasteiger partial charge in [0, 0.05) is 19.3 Å². The highest BCUT2D eigenvalue weighted by molar-refractivity contribution is 5.99. The molecular formula is C22H23NO5. The maximum Gasteiger partial charge on any atom is 0.328 e. The number of esters is 2. The summed E-state index contributed by atoms with van der Waals surface area (Å²) in [4.78, 5) is 36.2. The lowest BCUT2D eigenvalue weighted by atomic mass is 10.0. The van der Waals surface area contributed by atoms with Gasteiger partial charge in [-0.15, -0.1) is 0 Å². The van der Waals surface area contributed by atoms with Crippen LogP contribution in [0.5, 0.6) is 5.75 Å². The van der Waals surface area contributed by atoms with E-state index in [1.807, 2.05) is 31.2 Å². The summed E-state index contributed by atoms with van der Waals surface area (Å²) >= 11 is 0. The minimum absolute atomic E-state index is 0.104. The molecule has 2 unspecified atom stereocenters. The molecule has 0 spiro atoms. The molecule has 0 saturated heterocycles. The van der Waals surface area contributed by atoms with Crippen LogP contribution in [0.15, 0.2) is 48.5 Å². The van der Waals surface area contributed by atoms with Crippen LogP contribution in [0, 0.1) is 0 Å². The number of carbonyl (C=O) groups is 3. The molecule has 0 heterocycles. The fourth-order valence-electron chi connectivity index (χ4n) is 3.38. The van der Waals surface area contributed by atoms with Crippen molar-refractivity contribution in [3.05, 3.63) is 65.2 Å². The average Bonchev–Trinajstić information content (AvgIpc) is 2.97. The summed E-state index contributed by atoms with van der Waals surface area (Å²) in [6.45, 7) is 4.86. The molecule has 1 N–H and O–H groups in total. The summed E-state index contributed by atoms with van der Waals surface area (Å²) in [5.41, 5.74) is 2.55. The van der Waals surface area contributed by atoms with E-state index in [9.17, 15) is 14.4 Å². The molecule has 0 radical (unpaired) electrons. The molecule has 2 aromatic carbocycles. The molecule has 1 aliphatic rings. The molecule has 1 aliphatic carbocycles. The van der Waals surface area contributed by atoms with Crippen LogP contribution in [0.25, 0.3) is 0 Å². The topological polar surface area (TPSA) is 81.7 Å². The number of benzene rings is 2. The summed E-state index contributed by atoms with van der Waals surface area (Å²) in [6, 6.07) is 13.6. The second kappa shape index (κ2) is 8.25. The van der Waals surface area contributed by atoms with Crippen molar-refractivity contribution in [2.45, 2.75) is 45.3 Å². The molecule has 0 aliphatic heterocycles. The fraction of sp³-hybridized carbons (Fsp3) is 0.318. The van der Waals surface area contributed by atoms with Gasteiger partial charge in [-0.05, 0) is 30.2 Å². The van der Waals surface area contributed by atoms with Crippen LogP contribution in [0.3, 0.4) is 0 Å². The van der Waals surface area contributed by atoms with Crippen LogP contribution in [0.1, 0.15) is 48.2 Å². The van der Waals surface area contributed by atoms with E-state index in [4.69, 9.17) is 9.47 Å². The van der Waals surface area contributed by atoms with Crippen LogP contribution in [-0.2, 0) is 20.7 Å². The zero-order valence-electron chi connectivity index (χ0n) is 16.1. The molecule has 3 rings (SSSR count). The minimum atomic E-state index is -0.839. The molecule has 0 aromatic heterocycles. The first-order valence-corrected chi connectivity index (χ1v) is 9.23. The summed E-state index contributed by atoms with van der Waals surface area (Å²) in [5, 5.41) is 2.61. The van der Waals surface area contributed by atoms with E-state index in [1.54, 1.807) is 19.1 Å². The van der Waals surface area contributed by atoms with Gasteiger partial charge in [0.05, 0.1) is 5.56 Å². The number of ether oxygens (including phenoxy) is 2. The number of nitrogens with one attached hydrogen (secondary N) is 1. The van der Waals surface area contributed by atoms with Gasteiger partial charge < -0.3 is 14.8 Å². The normalized spacial score (nSPS) is 18.7. The van der Waals surface area contributed by atoms with Crippen LogP contribution in [0.4, 0.5) is 0 Å². The molecule has 0 bridgehead atoms. The number of para-hydroxylation sites is 1. The van der Waals surface area contributed by atoms with Gasteiger partial charge in [-0.1, -0.05) is 43.3 Å². The predicted octanol–water partition coefficient (Wildman–Crippen LogP) is 3.00. The second-order valence-corrected chi connectivity index (χ2v) is 6.95. The Morgan fingerprint density at radius 2 is 1.75 bits per heavy atom. The van der Waals surface area contributed by atoms with Crippen LogP contribution >= 0.6 is 0 Å². The number of carbonyl (C=O) groups excluding carboxylic acids is 3. The largest absolute Gasteiger partial charge is 0.460 e. The molecule has 6 nitrogen and oxygen atoms in total. The molecule has 0 fully saturated rings. The highest BCUT2D eigenvalue weighted by Gasteiger charge is 2.33. The number of hydrogen-bond donors (Lipinski definition) is 1. The molecule has 6 heteroatoms. The standard InChI is InChI=1S/C22H23NO5/c1-13-17-9-5-4-8-16(17)12-20(13)28-22(26)14(2)23-21(25)18-10-6-7-11-19(18)27-15(3)24/h4-11,13-14,20H,12H2,1-3H3,(H,23,25)/t13?,14-,20?/m0/s1. The van der Waals surface area contributed by atoms with Crippen molar-refractivity contribution < 1.29 is 23.9 Å². The third-order valence-electron chi connectivity index (χ3n) is 4.88. The van der Waals surface area contributed by atoms with Crippen molar-refractivity contribution in [3.63, 3.8) is 0 Å². The van der Waals surface area contributed by atoms with Crippen molar-refractivity contribution in [2.75, 3.05) is 0 Å². The average molecular weight is 381 g/mol. The highest BCUT2D eigenvalue weighted by Crippen LogP contribution is 2.34. The van der Waals surface area contributed by atoms with Crippen molar-refractivity contribution in [2.24, 2.45) is 0 Å². The Kier molecular flexibility index (Phi) is 5.78. The van der Waals surface area contributed by atoms with E-state index in [2.05, 4.69) is 5.32 Å². The molecule has 28 heavy (non-hydrogen) atoms. The number of hydrogen-bond acceptors (Lipinski definition) is 5. The van der Waals surface area contributed by atoms with Gasteiger partial charge in [0.2, 0.25) is 0 Å². The van der Waals surface area contributed by atoms with Gasteiger partial charge in [0.25, 0.3) is 5.91 Å². The minimum Gasteiger partial charge on any atom is -0.460 e. The molecule has 0 saturated carbocycles. The maximum atomic E-state index is 12.5. The second-order valence-electron chi connectivity index (χ2n) is 6.95. The monoisotopic (exact) mass is 381 g/mol. The quantitative estimate of drug-likeness (QED) is 0.636. The van der Waals surface area contributed by atoms with Crippen molar-refractivity contribution in [3.8, 4) is 5.75 Å². The Balaban J connectivity index is 1.62. The Labute approximate surface area is 163 Å². The van der Waals surface area contributed by atoms with E-state index in [0.29, 0.717) is 6.42 Å². The van der Waals surface area contributed by atoms with E-state index in [1.165, 1.54) is 30.2 Å². The third-order valence-corrected chi connectivity index (χ3v) is 4.88. The molecule has 3 atom stereocenters. The van der Waals surface area contributed by atoms with Gasteiger partial charge in [-0.3, -0.25) is 9.59 Å². The van der Waals surface area contributed by atoms with Gasteiger partial charge >= 0.3 is 11.9 Å². The van der Waals surface area contributed by atoms with Crippen LogP contribution in [0.2, 0.25) is 0 Å². The van der Waals surface area contributed by atoms with E-state index >= 15 is 0 Å². The summed E-state index contributed by atoms with van der Waals surface area (Å²) in [5.74, 6) is -1.28. The Hall–Kier alpha value is -3.15. The van der Waals surface area contributed by atoms with Crippen molar-refractivity contribution in [1.29, 1.82) is 0 Å². The van der Waals surface area contributed by atoms with Crippen molar-refractivity contribution in [1.82, 2.24) is 5.32 Å². The lowest BCUT2D eigenvalue weighted by molar-refractivity contribution is -0.151. The van der Waals surface area contributed by atoms with Crippen molar-refractivity contribution >= 4 is 17.8 Å². The van der Waals surface area contributed by atoms with Gasteiger partial charge in [-0.25, -0.2) is 4.79 Å². The zero-order chi connectivity index (χ0) is 20.3. The Morgan fingerprint density at radius 3 is 2.46 bits per heavy atom. The molecule has 1 amide bonds. The zero-order valence-corrected chi connectivity index (χ0v) is 16.1. The number of amides is 1. The predicted molar refractivity (Wildman–Crippen MR) is 103 cm³/mol. The third kappa shape index (κ3) is 4.22. The maximum absolute atomic E-state index is 12.5. The van der Waals surface area contributed by atoms with Crippen LogP contribution < -0.4 is 10.1 Å². The highest BCUT2D eigenvalue weighted by atomic mass is 16.5.